The first-order chi connectivity index (χ1) is 16.7. The maximum Gasteiger partial charge on any atom is 0.352 e. The molecule has 4 rings (SSSR count). The van der Waals surface area contributed by atoms with Crippen molar-refractivity contribution in [3.63, 3.8) is 0 Å². The molecule has 0 aliphatic carbocycles. The molecule has 14 nitrogen and oxygen atoms in total. The molecule has 4 heterocycles. The van der Waals surface area contributed by atoms with E-state index in [-0.39, 0.29) is 39.4 Å². The lowest BCUT2D eigenvalue weighted by atomic mass is 10.0. The maximum absolute atomic E-state index is 12.9. The number of nitrogens with one attached hydrogen (secondary N) is 1. The summed E-state index contributed by atoms with van der Waals surface area (Å²) in [5, 5.41) is 20.6. The Morgan fingerprint density at radius 2 is 2.14 bits per heavy atom. The number of fused-ring (bicyclic) bond motifs is 1. The first kappa shape index (κ1) is 24.0. The van der Waals surface area contributed by atoms with E-state index in [0.717, 1.165) is 16.2 Å². The van der Waals surface area contributed by atoms with Gasteiger partial charge < -0.3 is 31.3 Å². The summed E-state index contributed by atoms with van der Waals surface area (Å²) in [4.78, 5) is 58.6. The number of β-lactam (4-membered cyclic amide) rings is 1. The highest BCUT2D eigenvalue weighted by Gasteiger charge is 2.54. The van der Waals surface area contributed by atoms with E-state index < -0.39 is 35.1 Å². The summed E-state index contributed by atoms with van der Waals surface area (Å²) in [6.45, 7) is 0. The fourth-order valence-corrected chi connectivity index (χ4v) is 5.21. The number of rotatable bonds is 8. The molecule has 2 atom stereocenters. The van der Waals surface area contributed by atoms with Crippen molar-refractivity contribution >= 4 is 63.7 Å². The minimum absolute atomic E-state index is 0.0802. The first-order valence-electron chi connectivity index (χ1n) is 9.70. The minimum atomic E-state index is -1.32. The normalized spacial score (nSPS) is 20.0. The van der Waals surface area contributed by atoms with Crippen molar-refractivity contribution in [2.24, 2.45) is 10.9 Å². The number of carboxylic acids is 1. The van der Waals surface area contributed by atoms with Gasteiger partial charge in [-0.25, -0.2) is 9.78 Å². The second kappa shape index (κ2) is 9.59. The number of anilines is 1. The summed E-state index contributed by atoms with van der Waals surface area (Å²) in [5.41, 5.74) is 10.8. The second-order valence-electron chi connectivity index (χ2n) is 7.05. The molecule has 0 radical (unpaired) electrons. The lowest BCUT2D eigenvalue weighted by molar-refractivity contribution is -0.150. The smallest absolute Gasteiger partial charge is 0.352 e. The highest BCUT2D eigenvalue weighted by atomic mass is 32.2. The summed E-state index contributed by atoms with van der Waals surface area (Å²) in [6.07, 6.45) is 2.86. The zero-order valence-corrected chi connectivity index (χ0v) is 19.5. The topological polar surface area (TPSA) is 216 Å². The SMILES string of the molecule is CO/N=C(\C(=O)N[C@@H]1C(=O)N2C(C(=O)O)=C(/C=C\c3cc(C(N)=O)no3)CS[C@H]12)c1csc(N)n1. The van der Waals surface area contributed by atoms with Crippen LogP contribution in [0.3, 0.4) is 0 Å². The van der Waals surface area contributed by atoms with Gasteiger partial charge in [0.15, 0.2) is 22.3 Å². The Balaban J connectivity index is 1.52. The van der Waals surface area contributed by atoms with Crippen LogP contribution in [-0.2, 0) is 19.2 Å². The number of hydrogen-bond donors (Lipinski definition) is 4. The molecular weight excluding hydrogens is 502 g/mol. The highest BCUT2D eigenvalue weighted by molar-refractivity contribution is 8.00. The van der Waals surface area contributed by atoms with Crippen LogP contribution in [0.4, 0.5) is 5.13 Å². The van der Waals surface area contributed by atoms with Crippen molar-refractivity contribution in [3.05, 3.63) is 45.9 Å². The molecule has 0 spiro atoms. The number of hydrogen-bond acceptors (Lipinski definition) is 12. The van der Waals surface area contributed by atoms with Crippen molar-refractivity contribution in [1.82, 2.24) is 20.4 Å². The van der Waals surface area contributed by atoms with Gasteiger partial charge in [0.25, 0.3) is 17.7 Å². The number of nitrogens with zero attached hydrogens (tertiary/aromatic N) is 4. The summed E-state index contributed by atoms with van der Waals surface area (Å²) >= 11 is 2.36. The maximum atomic E-state index is 12.9. The Bertz CT molecular complexity index is 1310. The predicted molar refractivity (Wildman–Crippen MR) is 124 cm³/mol. The number of carbonyl (C=O) groups is 4. The van der Waals surface area contributed by atoms with E-state index in [1.54, 1.807) is 0 Å². The van der Waals surface area contributed by atoms with Crippen molar-refractivity contribution in [2.75, 3.05) is 18.6 Å². The summed E-state index contributed by atoms with van der Waals surface area (Å²) in [6, 6.07) is 0.312. The van der Waals surface area contributed by atoms with Gasteiger partial charge in [-0.1, -0.05) is 16.4 Å². The highest BCUT2D eigenvalue weighted by Crippen LogP contribution is 2.40. The van der Waals surface area contributed by atoms with Gasteiger partial charge in [0.2, 0.25) is 0 Å². The monoisotopic (exact) mass is 519 g/mol. The molecule has 2 aromatic heterocycles. The van der Waals surface area contributed by atoms with Crippen LogP contribution in [0.15, 0.2) is 38.5 Å². The Morgan fingerprint density at radius 1 is 1.37 bits per heavy atom. The molecule has 3 amide bonds. The van der Waals surface area contributed by atoms with E-state index in [2.05, 4.69) is 20.6 Å². The Morgan fingerprint density at radius 3 is 2.74 bits per heavy atom. The van der Waals surface area contributed by atoms with Crippen LogP contribution in [0.25, 0.3) is 6.08 Å². The number of oxime groups is 1. The van der Waals surface area contributed by atoms with Crippen LogP contribution in [-0.4, -0.2) is 73.8 Å². The fourth-order valence-electron chi connectivity index (χ4n) is 3.34. The molecule has 2 aromatic rings. The second-order valence-corrected chi connectivity index (χ2v) is 9.04. The van der Waals surface area contributed by atoms with Crippen LogP contribution in [0.5, 0.6) is 0 Å². The van der Waals surface area contributed by atoms with Gasteiger partial charge in [0.1, 0.15) is 29.9 Å². The van der Waals surface area contributed by atoms with Crippen LogP contribution in [0.2, 0.25) is 0 Å². The predicted octanol–water partition coefficient (Wildman–Crippen LogP) is -0.385. The minimum Gasteiger partial charge on any atom is -0.477 e. The molecule has 0 aromatic carbocycles. The molecule has 182 valence electrons. The van der Waals surface area contributed by atoms with Crippen LogP contribution < -0.4 is 16.8 Å². The van der Waals surface area contributed by atoms with Gasteiger partial charge in [-0.3, -0.25) is 19.3 Å². The number of nitrogen functional groups attached to an aromatic ring is 1. The van der Waals surface area contributed by atoms with E-state index in [0.29, 0.717) is 5.57 Å². The number of primary amides is 1. The molecule has 35 heavy (non-hydrogen) atoms. The average Bonchev–Trinajstić information content (AvgIpc) is 3.47. The average molecular weight is 520 g/mol. The number of amides is 3. The van der Waals surface area contributed by atoms with E-state index in [1.165, 1.54) is 42.5 Å². The van der Waals surface area contributed by atoms with Gasteiger partial charge >= 0.3 is 5.97 Å². The molecule has 0 saturated carbocycles. The third-order valence-corrected chi connectivity index (χ3v) is 6.85. The summed E-state index contributed by atoms with van der Waals surface area (Å²) in [7, 11) is 1.25. The number of aromatic nitrogens is 2. The molecule has 2 aliphatic heterocycles. The number of thiazole rings is 1. The van der Waals surface area contributed by atoms with Crippen molar-refractivity contribution < 1.29 is 33.6 Å². The van der Waals surface area contributed by atoms with Gasteiger partial charge in [-0.2, -0.15) is 0 Å². The van der Waals surface area contributed by atoms with Gasteiger partial charge in [0.05, 0.1) is 0 Å². The zero-order chi connectivity index (χ0) is 25.3. The summed E-state index contributed by atoms with van der Waals surface area (Å²) < 4.78 is 4.96. The van der Waals surface area contributed by atoms with Crippen molar-refractivity contribution in [2.45, 2.75) is 11.4 Å². The first-order valence-corrected chi connectivity index (χ1v) is 11.6. The standard InChI is InChI=1S/C19H17N7O7S2/c1-32-25-11(10-6-35-19(21)22-10)15(28)23-12-16(29)26-13(18(30)31)7(5-34-17(12)26)2-3-8-4-9(14(20)27)24-33-8/h2-4,6,12,17H,5H2,1H3,(H2,20,27)(H2,21,22)(H,23,28)(H,30,31)/b3-2-,25-11-/t12-,17-/m1/s1. The van der Waals surface area contributed by atoms with Gasteiger partial charge in [-0.05, 0) is 11.6 Å². The van der Waals surface area contributed by atoms with Crippen molar-refractivity contribution in [3.8, 4) is 0 Å². The van der Waals surface area contributed by atoms with E-state index in [9.17, 15) is 24.3 Å². The molecule has 6 N–H and O–H groups in total. The van der Waals surface area contributed by atoms with Gasteiger partial charge in [-0.15, -0.1) is 23.1 Å². The van der Waals surface area contributed by atoms with Crippen LogP contribution in [0, 0.1) is 0 Å². The Hall–Kier alpha value is -4.18. The molecule has 1 saturated heterocycles. The quantitative estimate of drug-likeness (QED) is 0.200. The number of thioether (sulfide) groups is 1. The largest absolute Gasteiger partial charge is 0.477 e. The zero-order valence-electron chi connectivity index (χ0n) is 17.8. The van der Waals surface area contributed by atoms with E-state index in [4.69, 9.17) is 20.8 Å². The van der Waals surface area contributed by atoms with Gasteiger partial charge in [0, 0.05) is 17.2 Å². The third-order valence-electron chi connectivity index (χ3n) is 4.88. The van der Waals surface area contributed by atoms with Crippen molar-refractivity contribution in [1.29, 1.82) is 0 Å². The molecule has 2 aliphatic rings. The number of aliphatic carboxylic acids is 1. The van der Waals surface area contributed by atoms with Crippen LogP contribution in [0.1, 0.15) is 21.9 Å². The number of carbonyl (C=O) groups excluding carboxylic acids is 3. The molecule has 1 fully saturated rings. The third kappa shape index (κ3) is 4.60. The number of nitrogens with two attached hydrogens (primary N) is 2. The van der Waals surface area contributed by atoms with E-state index >= 15 is 0 Å². The Labute approximate surface area is 204 Å². The lowest BCUT2D eigenvalue weighted by Gasteiger charge is -2.49. The molecule has 0 bridgehead atoms. The molecular formula is C19H17N7O7S2. The molecule has 0 unspecified atom stereocenters. The number of carboxylic acid groups (broad SMARTS) is 1. The van der Waals surface area contributed by atoms with E-state index in [1.807, 2.05) is 0 Å². The van der Waals surface area contributed by atoms with Crippen LogP contribution >= 0.6 is 23.1 Å². The molecule has 16 heteroatoms. The summed E-state index contributed by atoms with van der Waals surface area (Å²) in [5.74, 6) is -3.02. The fraction of sp³-hybridized carbons (Fsp3) is 0.211. The Kier molecular flexibility index (Phi) is 6.57. The lowest BCUT2D eigenvalue weighted by Crippen LogP contribution is -2.71. The number of allylic oxidation sites excluding steroid dienone is 1.